The first-order chi connectivity index (χ1) is 8.36. The van der Waals surface area contributed by atoms with E-state index in [9.17, 15) is 4.79 Å². The van der Waals surface area contributed by atoms with Gasteiger partial charge in [0.15, 0.2) is 0 Å². The third-order valence-corrected chi connectivity index (χ3v) is 2.97. The Hall–Kier alpha value is -1.31. The average Bonchev–Trinajstić information content (AvgIpc) is 2.28. The van der Waals surface area contributed by atoms with Crippen molar-refractivity contribution in [3.8, 4) is 0 Å². The molecular formula is C16H26O2. The molecule has 0 spiro atoms. The number of carbonyl (C=O) groups is 1. The minimum Gasteiger partial charge on any atom is -0.466 e. The number of allylic oxidation sites excluding steroid dienone is 5. The van der Waals surface area contributed by atoms with Gasteiger partial charge in [-0.05, 0) is 52.0 Å². The summed E-state index contributed by atoms with van der Waals surface area (Å²) in [5.41, 5.74) is 3.80. The summed E-state index contributed by atoms with van der Waals surface area (Å²) in [6.45, 7) is 10.6. The molecule has 0 radical (unpaired) electrons. The highest BCUT2D eigenvalue weighted by Gasteiger charge is 2.02. The summed E-state index contributed by atoms with van der Waals surface area (Å²) < 4.78 is 4.57. The van der Waals surface area contributed by atoms with Crippen LogP contribution >= 0.6 is 0 Å². The molecule has 0 rings (SSSR count). The van der Waals surface area contributed by atoms with Gasteiger partial charge in [-0.2, -0.15) is 0 Å². The first kappa shape index (κ1) is 16.7. The van der Waals surface area contributed by atoms with Crippen LogP contribution in [0.15, 0.2) is 34.9 Å². The molecule has 2 nitrogen and oxygen atoms in total. The van der Waals surface area contributed by atoms with Gasteiger partial charge < -0.3 is 4.74 Å². The van der Waals surface area contributed by atoms with E-state index in [2.05, 4.69) is 38.5 Å². The Kier molecular flexibility index (Phi) is 8.10. The first-order valence-corrected chi connectivity index (χ1v) is 6.42. The van der Waals surface area contributed by atoms with Crippen molar-refractivity contribution < 1.29 is 9.53 Å². The van der Waals surface area contributed by atoms with Gasteiger partial charge >= 0.3 is 5.97 Å². The summed E-state index contributed by atoms with van der Waals surface area (Å²) in [7, 11) is 1.39. The van der Waals surface area contributed by atoms with Crippen molar-refractivity contribution in [1.29, 1.82) is 0 Å². The largest absolute Gasteiger partial charge is 0.466 e. The summed E-state index contributed by atoms with van der Waals surface area (Å²) in [6, 6.07) is 0. The molecule has 0 aliphatic rings. The van der Waals surface area contributed by atoms with E-state index in [-0.39, 0.29) is 5.97 Å². The summed E-state index contributed by atoms with van der Waals surface area (Å²) in [5, 5.41) is 0. The number of hydrogen-bond acceptors (Lipinski definition) is 2. The van der Waals surface area contributed by atoms with Gasteiger partial charge in [0.1, 0.15) is 0 Å². The second-order valence-electron chi connectivity index (χ2n) is 5.14. The molecule has 102 valence electrons. The normalized spacial score (nSPS) is 13.6. The molecule has 18 heavy (non-hydrogen) atoms. The lowest BCUT2D eigenvalue weighted by Crippen LogP contribution is -1.96. The molecule has 0 aromatic rings. The monoisotopic (exact) mass is 250 g/mol. The molecule has 2 heteroatoms. The van der Waals surface area contributed by atoms with E-state index in [1.54, 1.807) is 0 Å². The predicted molar refractivity (Wildman–Crippen MR) is 77.4 cm³/mol. The van der Waals surface area contributed by atoms with E-state index in [1.807, 2.05) is 13.0 Å². The van der Waals surface area contributed by atoms with Crippen molar-refractivity contribution in [2.75, 3.05) is 7.11 Å². The molecule has 0 aliphatic heterocycles. The zero-order chi connectivity index (χ0) is 14.1. The van der Waals surface area contributed by atoms with E-state index in [0.29, 0.717) is 5.92 Å². The molecule has 0 amide bonds. The molecule has 0 saturated carbocycles. The molecule has 0 fully saturated rings. The maximum absolute atomic E-state index is 11.0. The van der Waals surface area contributed by atoms with Crippen LogP contribution in [0.25, 0.3) is 0 Å². The van der Waals surface area contributed by atoms with Gasteiger partial charge in [0.2, 0.25) is 0 Å². The molecule has 0 N–H and O–H groups in total. The molecule has 0 bridgehead atoms. The molecule has 0 heterocycles. The molecule has 0 saturated heterocycles. The highest BCUT2D eigenvalue weighted by Crippen LogP contribution is 2.17. The fourth-order valence-corrected chi connectivity index (χ4v) is 1.59. The van der Waals surface area contributed by atoms with Crippen LogP contribution in [-0.2, 0) is 9.53 Å². The van der Waals surface area contributed by atoms with E-state index >= 15 is 0 Å². The van der Waals surface area contributed by atoms with Gasteiger partial charge in [-0.3, -0.25) is 0 Å². The lowest BCUT2D eigenvalue weighted by molar-refractivity contribution is -0.134. The van der Waals surface area contributed by atoms with Crippen molar-refractivity contribution in [2.45, 2.75) is 47.5 Å². The number of rotatable bonds is 6. The first-order valence-electron chi connectivity index (χ1n) is 6.42. The third-order valence-electron chi connectivity index (χ3n) is 2.97. The fourth-order valence-electron chi connectivity index (χ4n) is 1.59. The van der Waals surface area contributed by atoms with Gasteiger partial charge in [-0.25, -0.2) is 4.79 Å². The van der Waals surface area contributed by atoms with E-state index < -0.39 is 0 Å². The van der Waals surface area contributed by atoms with Gasteiger partial charge in [0.05, 0.1) is 7.11 Å². The van der Waals surface area contributed by atoms with Crippen LogP contribution in [0.5, 0.6) is 0 Å². The third kappa shape index (κ3) is 7.88. The van der Waals surface area contributed by atoms with Gasteiger partial charge in [-0.1, -0.05) is 30.2 Å². The number of esters is 1. The Morgan fingerprint density at radius 1 is 1.22 bits per heavy atom. The summed E-state index contributed by atoms with van der Waals surface area (Å²) in [5.74, 6) is 0.327. The Morgan fingerprint density at radius 3 is 2.33 bits per heavy atom. The van der Waals surface area contributed by atoms with E-state index in [1.165, 1.54) is 24.3 Å². The zero-order valence-electron chi connectivity index (χ0n) is 12.5. The maximum Gasteiger partial charge on any atom is 0.330 e. The number of hydrogen-bond donors (Lipinski definition) is 0. The smallest absolute Gasteiger partial charge is 0.330 e. The van der Waals surface area contributed by atoms with Crippen LogP contribution in [0, 0.1) is 5.92 Å². The second kappa shape index (κ2) is 8.73. The highest BCUT2D eigenvalue weighted by molar-refractivity contribution is 5.83. The molecule has 0 aromatic carbocycles. The van der Waals surface area contributed by atoms with Crippen molar-refractivity contribution in [3.63, 3.8) is 0 Å². The molecule has 0 aromatic heterocycles. The quantitative estimate of drug-likeness (QED) is 0.301. The maximum atomic E-state index is 11.0. The van der Waals surface area contributed by atoms with Crippen molar-refractivity contribution in [3.05, 3.63) is 34.9 Å². The van der Waals surface area contributed by atoms with Crippen LogP contribution in [0.3, 0.4) is 0 Å². The topological polar surface area (TPSA) is 26.3 Å². The van der Waals surface area contributed by atoms with Crippen LogP contribution in [-0.4, -0.2) is 13.1 Å². The summed E-state index contributed by atoms with van der Waals surface area (Å²) in [4.78, 5) is 11.0. The Balaban J connectivity index is 4.21. The van der Waals surface area contributed by atoms with Crippen LogP contribution in [0.1, 0.15) is 47.5 Å². The number of ether oxygens (including phenoxy) is 1. The summed E-state index contributed by atoms with van der Waals surface area (Å²) in [6.07, 6.45) is 7.76. The van der Waals surface area contributed by atoms with E-state index in [4.69, 9.17) is 0 Å². The van der Waals surface area contributed by atoms with E-state index in [0.717, 1.165) is 18.4 Å². The van der Waals surface area contributed by atoms with Crippen molar-refractivity contribution in [1.82, 2.24) is 0 Å². The van der Waals surface area contributed by atoms with Gasteiger partial charge in [-0.15, -0.1) is 0 Å². The minimum absolute atomic E-state index is 0.300. The zero-order valence-corrected chi connectivity index (χ0v) is 12.5. The lowest BCUT2D eigenvalue weighted by atomic mass is 9.96. The van der Waals surface area contributed by atoms with Gasteiger partial charge in [0, 0.05) is 6.08 Å². The van der Waals surface area contributed by atoms with Crippen molar-refractivity contribution in [2.24, 2.45) is 5.92 Å². The van der Waals surface area contributed by atoms with Crippen molar-refractivity contribution >= 4 is 5.97 Å². The molecule has 1 atom stereocenters. The van der Waals surface area contributed by atoms with Crippen LogP contribution in [0.4, 0.5) is 0 Å². The number of carbonyl (C=O) groups excluding carboxylic acids is 1. The summed E-state index contributed by atoms with van der Waals surface area (Å²) >= 11 is 0. The fraction of sp³-hybridized carbons (Fsp3) is 0.562. The second-order valence-corrected chi connectivity index (χ2v) is 5.14. The lowest BCUT2D eigenvalue weighted by Gasteiger charge is -2.10. The number of methoxy groups -OCH3 is 1. The Morgan fingerprint density at radius 2 is 1.83 bits per heavy atom. The molecule has 0 aliphatic carbocycles. The molecular weight excluding hydrogens is 224 g/mol. The minimum atomic E-state index is -0.300. The Bertz CT molecular complexity index is 355. The van der Waals surface area contributed by atoms with Crippen LogP contribution in [0.2, 0.25) is 0 Å². The van der Waals surface area contributed by atoms with Crippen LogP contribution < -0.4 is 0 Å². The highest BCUT2D eigenvalue weighted by atomic mass is 16.5. The van der Waals surface area contributed by atoms with Gasteiger partial charge in [0.25, 0.3) is 0 Å². The average molecular weight is 250 g/mol. The molecule has 1 unspecified atom stereocenters. The predicted octanol–water partition coefficient (Wildman–Crippen LogP) is 4.43. The standard InChI is InChI=1S/C16H26O2/c1-12(2)15(5)10-13(3)8-7-9-14(4)11-16(17)18-6/h7,9,11,13H,8,10H2,1-6H3. The SMILES string of the molecule is COC(=O)C=C(C)C=CCC(C)CC(C)=C(C)C. The Labute approximate surface area is 111 Å².